The molecule has 0 aromatic rings. The van der Waals surface area contributed by atoms with E-state index in [1.807, 2.05) is 11.8 Å². The average Bonchev–Trinajstić information content (AvgIpc) is 1.59. The Morgan fingerprint density at radius 1 is 1.40 bits per heavy atom. The predicted octanol–water partition coefficient (Wildman–Crippen LogP) is 2.61. The Morgan fingerprint density at radius 2 is 1.90 bits per heavy atom. The van der Waals surface area contributed by atoms with Gasteiger partial charge in [-0.25, -0.2) is 0 Å². The summed E-state index contributed by atoms with van der Waals surface area (Å²) in [5.74, 6) is 1.05. The molecule has 60 valence electrons. The van der Waals surface area contributed by atoms with Crippen molar-refractivity contribution in [3.8, 4) is 0 Å². The third-order valence-electron chi connectivity index (χ3n) is 0.879. The first-order valence-electron chi connectivity index (χ1n) is 3.50. The molecule has 1 nitrogen and oxygen atoms in total. The third-order valence-corrected chi connectivity index (χ3v) is 1.59. The number of thioether (sulfide) groups is 1. The molecule has 0 aromatic heterocycles. The van der Waals surface area contributed by atoms with Gasteiger partial charge in [-0.15, -0.1) is 0 Å². The van der Waals surface area contributed by atoms with Gasteiger partial charge in [0.1, 0.15) is 0 Å². The van der Waals surface area contributed by atoms with Crippen LogP contribution < -0.4 is 0 Å². The zero-order chi connectivity index (χ0) is 8.20. The first-order chi connectivity index (χ1) is 4.45. The molecule has 0 aliphatic rings. The van der Waals surface area contributed by atoms with Crippen molar-refractivity contribution in [1.29, 1.82) is 0 Å². The number of aliphatic imine (C=N–C) groups is 1. The van der Waals surface area contributed by atoms with Crippen LogP contribution in [-0.4, -0.2) is 23.3 Å². The van der Waals surface area contributed by atoms with E-state index in [0.717, 1.165) is 5.75 Å². The van der Waals surface area contributed by atoms with Crippen LogP contribution in [0.25, 0.3) is 0 Å². The molecule has 0 fully saturated rings. The molecule has 0 unspecified atom stereocenters. The normalized spacial score (nSPS) is 13.9. The highest BCUT2D eigenvalue weighted by molar-refractivity contribution is 7.99. The molecule has 0 aliphatic carbocycles. The van der Waals surface area contributed by atoms with Crippen molar-refractivity contribution in [3.63, 3.8) is 0 Å². The van der Waals surface area contributed by atoms with Crippen LogP contribution in [0, 0.1) is 0 Å². The molecule has 2 heteroatoms. The van der Waals surface area contributed by atoms with E-state index in [9.17, 15) is 0 Å². The van der Waals surface area contributed by atoms with Crippen molar-refractivity contribution in [2.45, 2.75) is 33.2 Å². The van der Waals surface area contributed by atoms with E-state index in [-0.39, 0.29) is 5.54 Å². The fourth-order valence-corrected chi connectivity index (χ4v) is 1.30. The van der Waals surface area contributed by atoms with Gasteiger partial charge in [0.2, 0.25) is 0 Å². The van der Waals surface area contributed by atoms with Gasteiger partial charge in [-0.05, 0) is 34.0 Å². The van der Waals surface area contributed by atoms with Gasteiger partial charge in [0.15, 0.2) is 0 Å². The van der Waals surface area contributed by atoms with Gasteiger partial charge in [-0.3, -0.25) is 4.99 Å². The zero-order valence-electron chi connectivity index (χ0n) is 7.56. The monoisotopic (exact) mass is 159 g/mol. The number of nitrogens with zero attached hydrogens (tertiary/aromatic N) is 1. The van der Waals surface area contributed by atoms with Gasteiger partial charge in [-0.1, -0.05) is 0 Å². The van der Waals surface area contributed by atoms with Crippen LogP contribution in [0.4, 0.5) is 0 Å². The van der Waals surface area contributed by atoms with Gasteiger partial charge in [0.05, 0.1) is 5.54 Å². The van der Waals surface area contributed by atoms with Crippen molar-refractivity contribution in [3.05, 3.63) is 0 Å². The summed E-state index contributed by atoms with van der Waals surface area (Å²) in [6.45, 7) is 8.45. The Balaban J connectivity index is 3.90. The highest BCUT2D eigenvalue weighted by Crippen LogP contribution is 2.07. The lowest BCUT2D eigenvalue weighted by atomic mass is 10.1. The molecule has 0 heterocycles. The molecular formula is C8H17NS. The van der Waals surface area contributed by atoms with E-state index in [1.165, 1.54) is 5.71 Å². The topological polar surface area (TPSA) is 12.4 Å². The SMILES string of the molecule is CSCC(C)=NC(C)(C)C. The Bertz CT molecular complexity index is 122. The molecule has 0 atom stereocenters. The van der Waals surface area contributed by atoms with Crippen molar-refractivity contribution >= 4 is 17.5 Å². The molecule has 0 saturated carbocycles. The van der Waals surface area contributed by atoms with Gasteiger partial charge in [0.25, 0.3) is 0 Å². The van der Waals surface area contributed by atoms with E-state index >= 15 is 0 Å². The number of hydrogen-bond donors (Lipinski definition) is 0. The molecule has 0 aliphatic heterocycles. The predicted molar refractivity (Wildman–Crippen MR) is 51.2 cm³/mol. The van der Waals surface area contributed by atoms with Gasteiger partial charge in [-0.2, -0.15) is 11.8 Å². The molecule has 10 heavy (non-hydrogen) atoms. The Hall–Kier alpha value is 0.0200. The number of hydrogen-bond acceptors (Lipinski definition) is 2. The van der Waals surface area contributed by atoms with Crippen LogP contribution in [0.5, 0.6) is 0 Å². The molecule has 0 amide bonds. The van der Waals surface area contributed by atoms with E-state index in [0.29, 0.717) is 0 Å². The Kier molecular flexibility index (Phi) is 4.02. The van der Waals surface area contributed by atoms with Crippen molar-refractivity contribution in [2.75, 3.05) is 12.0 Å². The first-order valence-corrected chi connectivity index (χ1v) is 4.89. The van der Waals surface area contributed by atoms with Gasteiger partial charge in [0, 0.05) is 11.5 Å². The molecule has 0 spiro atoms. The largest absolute Gasteiger partial charge is 0.288 e. The zero-order valence-corrected chi connectivity index (χ0v) is 8.38. The molecule has 0 rings (SSSR count). The Labute approximate surface area is 68.3 Å². The molecule has 0 saturated heterocycles. The second-order valence-electron chi connectivity index (χ2n) is 3.45. The molecule has 0 bridgehead atoms. The summed E-state index contributed by atoms with van der Waals surface area (Å²) in [4.78, 5) is 4.49. The number of rotatable bonds is 2. The fourth-order valence-electron chi connectivity index (χ4n) is 0.814. The second kappa shape index (κ2) is 4.02. The van der Waals surface area contributed by atoms with Gasteiger partial charge >= 0.3 is 0 Å². The molecule has 0 aromatic carbocycles. The first kappa shape index (κ1) is 10.0. The summed E-state index contributed by atoms with van der Waals surface area (Å²) >= 11 is 1.82. The summed E-state index contributed by atoms with van der Waals surface area (Å²) in [5, 5.41) is 0. The highest BCUT2D eigenvalue weighted by atomic mass is 32.2. The van der Waals surface area contributed by atoms with Crippen LogP contribution in [0.15, 0.2) is 4.99 Å². The quantitative estimate of drug-likeness (QED) is 0.564. The maximum absolute atomic E-state index is 4.49. The molecule has 0 N–H and O–H groups in total. The van der Waals surface area contributed by atoms with Crippen LogP contribution in [0.1, 0.15) is 27.7 Å². The summed E-state index contributed by atoms with van der Waals surface area (Å²) in [6, 6.07) is 0. The summed E-state index contributed by atoms with van der Waals surface area (Å²) in [6.07, 6.45) is 2.10. The minimum absolute atomic E-state index is 0.0970. The van der Waals surface area contributed by atoms with Crippen LogP contribution in [0.2, 0.25) is 0 Å². The standard InChI is InChI=1S/C8H17NS/c1-7(6-10-5)9-8(2,3)4/h6H2,1-5H3. The highest BCUT2D eigenvalue weighted by Gasteiger charge is 2.06. The van der Waals surface area contributed by atoms with Crippen molar-refractivity contribution < 1.29 is 0 Å². The lowest BCUT2D eigenvalue weighted by molar-refractivity contribution is 0.583. The lowest BCUT2D eigenvalue weighted by Crippen LogP contribution is -2.13. The summed E-state index contributed by atoms with van der Waals surface area (Å²) < 4.78 is 0. The third kappa shape index (κ3) is 6.14. The minimum Gasteiger partial charge on any atom is -0.288 e. The lowest BCUT2D eigenvalue weighted by Gasteiger charge is -2.13. The van der Waals surface area contributed by atoms with E-state index < -0.39 is 0 Å². The maximum Gasteiger partial charge on any atom is 0.0523 e. The summed E-state index contributed by atoms with van der Waals surface area (Å²) in [7, 11) is 0. The van der Waals surface area contributed by atoms with Crippen LogP contribution in [-0.2, 0) is 0 Å². The van der Waals surface area contributed by atoms with E-state index in [2.05, 4.69) is 38.9 Å². The van der Waals surface area contributed by atoms with Crippen LogP contribution >= 0.6 is 11.8 Å². The average molecular weight is 159 g/mol. The van der Waals surface area contributed by atoms with Crippen molar-refractivity contribution in [1.82, 2.24) is 0 Å². The van der Waals surface area contributed by atoms with Crippen molar-refractivity contribution in [2.24, 2.45) is 4.99 Å². The molecular weight excluding hydrogens is 142 g/mol. The maximum atomic E-state index is 4.49. The molecule has 0 radical (unpaired) electrons. The fraction of sp³-hybridized carbons (Fsp3) is 0.875. The van der Waals surface area contributed by atoms with Crippen LogP contribution in [0.3, 0.4) is 0 Å². The van der Waals surface area contributed by atoms with Gasteiger partial charge < -0.3 is 0 Å². The Morgan fingerprint density at radius 3 is 2.20 bits per heavy atom. The summed E-state index contributed by atoms with van der Waals surface area (Å²) in [5.41, 5.74) is 1.33. The second-order valence-corrected chi connectivity index (χ2v) is 4.32. The minimum atomic E-state index is 0.0970. The smallest absolute Gasteiger partial charge is 0.0523 e. The van der Waals surface area contributed by atoms with E-state index in [4.69, 9.17) is 0 Å². The van der Waals surface area contributed by atoms with E-state index in [1.54, 1.807) is 0 Å².